The molecular formula is C12H21NO3S. The van der Waals surface area contributed by atoms with Crippen molar-refractivity contribution in [3.05, 3.63) is 12.2 Å². The summed E-state index contributed by atoms with van der Waals surface area (Å²) in [4.78, 5) is 11.0. The van der Waals surface area contributed by atoms with E-state index in [1.54, 1.807) is 6.26 Å². The normalized spacial score (nSPS) is 29.1. The Labute approximate surface area is 107 Å². The van der Waals surface area contributed by atoms with Crippen molar-refractivity contribution in [1.82, 2.24) is 0 Å². The topological polar surface area (TPSA) is 72.6 Å². The molecule has 5 heteroatoms. The van der Waals surface area contributed by atoms with E-state index in [1.165, 1.54) is 11.8 Å². The van der Waals surface area contributed by atoms with Crippen LogP contribution in [0.4, 0.5) is 0 Å². The Morgan fingerprint density at radius 3 is 3.06 bits per heavy atom. The summed E-state index contributed by atoms with van der Waals surface area (Å²) in [5.74, 6) is -0.234. The number of amides is 1. The first-order valence-corrected chi connectivity index (χ1v) is 7.23. The highest BCUT2D eigenvalue weighted by Crippen LogP contribution is 2.25. The number of carbonyl (C=O) groups is 1. The van der Waals surface area contributed by atoms with E-state index in [4.69, 9.17) is 10.5 Å². The van der Waals surface area contributed by atoms with Crippen LogP contribution in [0, 0.1) is 5.92 Å². The molecule has 3 atom stereocenters. The molecule has 0 aromatic carbocycles. The summed E-state index contributed by atoms with van der Waals surface area (Å²) in [6.07, 6.45) is 10.0. The minimum Gasteiger partial charge on any atom is -0.370 e. The quantitative estimate of drug-likeness (QED) is 0.581. The van der Waals surface area contributed by atoms with Crippen molar-refractivity contribution in [3.8, 4) is 0 Å². The van der Waals surface area contributed by atoms with Crippen LogP contribution >= 0.6 is 11.8 Å². The van der Waals surface area contributed by atoms with E-state index in [9.17, 15) is 9.90 Å². The van der Waals surface area contributed by atoms with Gasteiger partial charge in [0.2, 0.25) is 11.5 Å². The van der Waals surface area contributed by atoms with Crippen LogP contribution in [0.15, 0.2) is 12.2 Å². The van der Waals surface area contributed by atoms with Crippen LogP contribution in [0.25, 0.3) is 0 Å². The Morgan fingerprint density at radius 1 is 1.65 bits per heavy atom. The molecule has 4 nitrogen and oxygen atoms in total. The molecule has 1 rings (SSSR count). The fraction of sp³-hybridized carbons (Fsp3) is 0.750. The number of primary amides is 1. The first kappa shape index (κ1) is 14.5. The van der Waals surface area contributed by atoms with E-state index in [0.29, 0.717) is 6.42 Å². The maximum atomic E-state index is 11.0. The predicted molar refractivity (Wildman–Crippen MR) is 69.3 cm³/mol. The largest absolute Gasteiger partial charge is 0.370 e. The van der Waals surface area contributed by atoms with Crippen LogP contribution in [0.5, 0.6) is 0 Å². The van der Waals surface area contributed by atoms with Gasteiger partial charge in [0.05, 0.1) is 6.10 Å². The van der Waals surface area contributed by atoms with Gasteiger partial charge in [0, 0.05) is 6.42 Å². The van der Waals surface area contributed by atoms with Crippen LogP contribution < -0.4 is 5.73 Å². The summed E-state index contributed by atoms with van der Waals surface area (Å²) < 4.78 is 5.51. The van der Waals surface area contributed by atoms with Gasteiger partial charge in [-0.25, -0.2) is 0 Å². The van der Waals surface area contributed by atoms with E-state index in [-0.39, 0.29) is 17.9 Å². The summed E-state index contributed by atoms with van der Waals surface area (Å²) in [6.45, 7) is 0. The van der Waals surface area contributed by atoms with Gasteiger partial charge in [-0.1, -0.05) is 18.6 Å². The molecule has 1 aliphatic carbocycles. The standard InChI is InChI=1S/C12H21NO3S/c1-17-12(15)16-10-7-5-3-2-4-6-9(10)8-11(13)14/h5,7,9-10,12,15H,2-4,6,8H2,1H3,(H2,13,14)/b7-5+. The molecule has 0 aromatic rings. The lowest BCUT2D eigenvalue weighted by atomic mass is 9.89. The van der Waals surface area contributed by atoms with E-state index >= 15 is 0 Å². The van der Waals surface area contributed by atoms with Crippen molar-refractivity contribution >= 4 is 17.7 Å². The third-order valence-corrected chi connectivity index (χ3v) is 3.44. The molecule has 0 bridgehead atoms. The van der Waals surface area contributed by atoms with E-state index in [0.717, 1.165) is 25.7 Å². The highest BCUT2D eigenvalue weighted by atomic mass is 32.2. The first-order valence-electron chi connectivity index (χ1n) is 5.94. The van der Waals surface area contributed by atoms with Gasteiger partial charge in [0.25, 0.3) is 0 Å². The van der Waals surface area contributed by atoms with Crippen LogP contribution in [-0.2, 0) is 9.53 Å². The molecule has 0 aromatic heterocycles. The van der Waals surface area contributed by atoms with Gasteiger partial charge >= 0.3 is 0 Å². The monoisotopic (exact) mass is 259 g/mol. The lowest BCUT2D eigenvalue weighted by molar-refractivity contribution is -0.122. The number of hydrogen-bond acceptors (Lipinski definition) is 4. The van der Waals surface area contributed by atoms with Gasteiger partial charge in [0.15, 0.2) is 0 Å². The molecule has 0 spiro atoms. The van der Waals surface area contributed by atoms with Crippen molar-refractivity contribution in [3.63, 3.8) is 0 Å². The third kappa shape index (κ3) is 5.57. The number of aliphatic hydroxyl groups excluding tert-OH is 1. The van der Waals surface area contributed by atoms with Crippen LogP contribution in [-0.4, -0.2) is 29.0 Å². The summed E-state index contributed by atoms with van der Waals surface area (Å²) in [5.41, 5.74) is 4.40. The summed E-state index contributed by atoms with van der Waals surface area (Å²) >= 11 is 1.23. The minimum atomic E-state index is -0.848. The third-order valence-electron chi connectivity index (χ3n) is 2.92. The van der Waals surface area contributed by atoms with Crippen molar-refractivity contribution in [2.24, 2.45) is 11.7 Å². The zero-order valence-corrected chi connectivity index (χ0v) is 11.0. The second-order valence-electron chi connectivity index (χ2n) is 4.29. The van der Waals surface area contributed by atoms with Gasteiger partial charge in [0.1, 0.15) is 0 Å². The number of rotatable bonds is 5. The highest BCUT2D eigenvalue weighted by molar-refractivity contribution is 7.98. The predicted octanol–water partition coefficient (Wildman–Crippen LogP) is 1.63. The average molecular weight is 259 g/mol. The molecule has 0 aliphatic heterocycles. The average Bonchev–Trinajstić information content (AvgIpc) is 2.26. The minimum absolute atomic E-state index is 0.0749. The van der Waals surface area contributed by atoms with Crippen molar-refractivity contribution in [1.29, 1.82) is 0 Å². The van der Waals surface area contributed by atoms with Crippen molar-refractivity contribution in [2.75, 3.05) is 6.26 Å². The highest BCUT2D eigenvalue weighted by Gasteiger charge is 2.24. The number of nitrogens with two attached hydrogens (primary N) is 1. The molecule has 98 valence electrons. The summed E-state index contributed by atoms with van der Waals surface area (Å²) in [7, 11) is 0. The summed E-state index contributed by atoms with van der Waals surface area (Å²) in [5, 5.41) is 9.51. The fourth-order valence-electron chi connectivity index (χ4n) is 2.04. The van der Waals surface area contributed by atoms with Gasteiger partial charge < -0.3 is 15.6 Å². The Hall–Kier alpha value is -0.520. The number of thioether (sulfide) groups is 1. The van der Waals surface area contributed by atoms with E-state index < -0.39 is 5.62 Å². The molecular weight excluding hydrogens is 238 g/mol. The Bertz CT molecular complexity index is 270. The second-order valence-corrected chi connectivity index (χ2v) is 5.16. The molecule has 17 heavy (non-hydrogen) atoms. The Morgan fingerprint density at radius 2 is 2.41 bits per heavy atom. The van der Waals surface area contributed by atoms with Crippen molar-refractivity contribution in [2.45, 2.75) is 43.8 Å². The van der Waals surface area contributed by atoms with Gasteiger partial charge in [-0.2, -0.15) is 0 Å². The van der Waals surface area contributed by atoms with Gasteiger partial charge in [-0.05, 0) is 31.4 Å². The SMILES string of the molecule is CSC(O)OC1/C=C/CCCCC1CC(N)=O. The first-order chi connectivity index (χ1) is 8.13. The Kier molecular flexibility index (Phi) is 6.62. The Balaban J connectivity index is 2.66. The number of hydrogen-bond donors (Lipinski definition) is 2. The molecule has 3 unspecified atom stereocenters. The number of carbonyl (C=O) groups excluding carboxylic acids is 1. The fourth-order valence-corrected chi connectivity index (χ4v) is 2.28. The number of ether oxygens (including phenoxy) is 1. The lowest BCUT2D eigenvalue weighted by Crippen LogP contribution is -2.30. The molecule has 1 aliphatic rings. The zero-order chi connectivity index (χ0) is 12.7. The molecule has 0 fully saturated rings. The van der Waals surface area contributed by atoms with Gasteiger partial charge in [-0.3, -0.25) is 4.79 Å². The maximum Gasteiger partial charge on any atom is 0.217 e. The van der Waals surface area contributed by atoms with Crippen LogP contribution in [0.3, 0.4) is 0 Å². The second kappa shape index (κ2) is 7.74. The van der Waals surface area contributed by atoms with E-state index in [1.807, 2.05) is 6.08 Å². The molecule has 3 N–H and O–H groups in total. The number of allylic oxidation sites excluding steroid dienone is 1. The number of aliphatic hydroxyl groups is 1. The molecule has 0 radical (unpaired) electrons. The smallest absolute Gasteiger partial charge is 0.217 e. The molecule has 1 amide bonds. The lowest BCUT2D eigenvalue weighted by Gasteiger charge is -2.27. The van der Waals surface area contributed by atoms with Crippen LogP contribution in [0.1, 0.15) is 32.1 Å². The van der Waals surface area contributed by atoms with Crippen molar-refractivity contribution < 1.29 is 14.6 Å². The molecule has 0 heterocycles. The maximum absolute atomic E-state index is 11.0. The molecule has 0 saturated heterocycles. The van der Waals surface area contributed by atoms with Gasteiger partial charge in [-0.15, -0.1) is 11.8 Å². The summed E-state index contributed by atoms with van der Waals surface area (Å²) in [6, 6.07) is 0. The zero-order valence-electron chi connectivity index (χ0n) is 10.2. The molecule has 0 saturated carbocycles. The van der Waals surface area contributed by atoms with E-state index in [2.05, 4.69) is 6.08 Å². The van der Waals surface area contributed by atoms with Crippen LogP contribution in [0.2, 0.25) is 0 Å².